The normalized spacial score (nSPS) is 14.5. The summed E-state index contributed by atoms with van der Waals surface area (Å²) in [6, 6.07) is -0.795. The van der Waals surface area contributed by atoms with E-state index in [0.29, 0.717) is 23.9 Å². The van der Waals surface area contributed by atoms with Gasteiger partial charge in [0.15, 0.2) is 0 Å². The average molecular weight is 813 g/mol. The van der Waals surface area contributed by atoms with Crippen LogP contribution in [0.4, 0.5) is 0 Å². The Morgan fingerprint density at radius 3 is 1.48 bits per heavy atom. The lowest BCUT2D eigenvalue weighted by Crippen LogP contribution is -2.46. The number of phosphoric ester groups is 1. The van der Waals surface area contributed by atoms with Crippen LogP contribution in [0.5, 0.6) is 0 Å². The fourth-order valence-corrected chi connectivity index (χ4v) is 7.62. The summed E-state index contributed by atoms with van der Waals surface area (Å²) < 4.78 is 23.2. The Morgan fingerprint density at radius 1 is 0.625 bits per heavy atom. The minimum Gasteiger partial charge on any atom is -0.756 e. The molecule has 0 aromatic carbocycles. The third kappa shape index (κ3) is 41.2. The predicted molar refractivity (Wildman–Crippen MR) is 238 cm³/mol. The quantitative estimate of drug-likeness (QED) is 0.0275. The Kier molecular flexibility index (Phi) is 38.7. The van der Waals surface area contributed by atoms with Crippen molar-refractivity contribution >= 4 is 13.7 Å². The molecule has 0 aromatic rings. The van der Waals surface area contributed by atoms with Gasteiger partial charge in [0.05, 0.1) is 39.9 Å². The summed E-state index contributed by atoms with van der Waals surface area (Å²) in [6.45, 7) is 4.66. The molecule has 332 valence electrons. The fourth-order valence-electron chi connectivity index (χ4n) is 6.89. The molecule has 0 spiro atoms. The lowest BCUT2D eigenvalue weighted by Gasteiger charge is -2.30. The van der Waals surface area contributed by atoms with Crippen LogP contribution in [0.3, 0.4) is 0 Å². The number of unbranched alkanes of at least 4 members (excludes halogenated alkanes) is 26. The number of aliphatic hydroxyl groups excluding tert-OH is 1. The molecule has 56 heavy (non-hydrogen) atoms. The summed E-state index contributed by atoms with van der Waals surface area (Å²) in [5.41, 5.74) is 0. The highest BCUT2D eigenvalue weighted by Crippen LogP contribution is 2.38. The van der Waals surface area contributed by atoms with E-state index in [1.165, 1.54) is 148 Å². The number of rotatable bonds is 43. The van der Waals surface area contributed by atoms with E-state index < -0.39 is 20.0 Å². The minimum absolute atomic E-state index is 0.0128. The van der Waals surface area contributed by atoms with E-state index >= 15 is 0 Å². The number of nitrogens with one attached hydrogen (secondary N) is 1. The molecule has 8 nitrogen and oxygen atoms in total. The third-order valence-corrected chi connectivity index (χ3v) is 11.7. The van der Waals surface area contributed by atoms with E-state index in [2.05, 4.69) is 43.5 Å². The molecule has 2 N–H and O–H groups in total. The molecule has 0 bridgehead atoms. The number of phosphoric acid groups is 1. The number of allylic oxidation sites excluding steroid dienone is 4. The fraction of sp³-hybridized carbons (Fsp3) is 0.894. The van der Waals surface area contributed by atoms with Crippen molar-refractivity contribution in [2.24, 2.45) is 0 Å². The molecule has 0 aliphatic carbocycles. The Bertz CT molecular complexity index is 969. The number of amides is 1. The summed E-state index contributed by atoms with van der Waals surface area (Å²) in [7, 11) is 1.31. The van der Waals surface area contributed by atoms with Gasteiger partial charge >= 0.3 is 0 Å². The second kappa shape index (κ2) is 39.4. The maximum Gasteiger partial charge on any atom is 0.268 e. The first-order chi connectivity index (χ1) is 27.0. The highest BCUT2D eigenvalue weighted by Gasteiger charge is 2.24. The summed E-state index contributed by atoms with van der Waals surface area (Å²) in [4.78, 5) is 25.2. The number of carbonyl (C=O) groups excluding carboxylic acids is 1. The highest BCUT2D eigenvalue weighted by molar-refractivity contribution is 7.45. The summed E-state index contributed by atoms with van der Waals surface area (Å²) in [5, 5.41) is 13.8. The number of nitrogens with zero attached hydrogens (tertiary/aromatic N) is 1. The molecular weight excluding hydrogens is 719 g/mol. The predicted octanol–water partition coefficient (Wildman–Crippen LogP) is 12.7. The average Bonchev–Trinajstić information content (AvgIpc) is 3.15. The molecule has 0 saturated carbocycles. The standard InChI is InChI=1S/C47H93N2O6P/c1-6-8-10-12-14-15-16-17-18-19-20-21-22-23-24-25-26-27-28-29-30-31-32-33-35-37-39-41-47(51)48-45(46(50)40-38-36-34-13-11-9-7-2)44-55-56(52,53)54-43-42-49(3,4)5/h16-17,19-20,45-46,50H,6-15,18,21-44H2,1-5H3,(H-,48,51,52,53)/b17-16-,20-19-. The lowest BCUT2D eigenvalue weighted by atomic mass is 10.0. The van der Waals surface area contributed by atoms with Crippen molar-refractivity contribution in [1.82, 2.24) is 5.32 Å². The van der Waals surface area contributed by atoms with Crippen molar-refractivity contribution in [2.45, 2.75) is 231 Å². The van der Waals surface area contributed by atoms with Gasteiger partial charge in [0.25, 0.3) is 7.82 Å². The van der Waals surface area contributed by atoms with Crippen molar-refractivity contribution < 1.29 is 32.9 Å². The van der Waals surface area contributed by atoms with Gasteiger partial charge in [-0.05, 0) is 44.9 Å². The Morgan fingerprint density at radius 2 is 1.04 bits per heavy atom. The molecule has 0 fully saturated rings. The summed E-state index contributed by atoms with van der Waals surface area (Å²) in [6.07, 6.45) is 46.5. The molecule has 0 radical (unpaired) electrons. The monoisotopic (exact) mass is 813 g/mol. The first-order valence-electron chi connectivity index (χ1n) is 23.7. The van der Waals surface area contributed by atoms with Gasteiger partial charge in [-0.1, -0.05) is 192 Å². The Hall–Kier alpha value is -1.02. The summed E-state index contributed by atoms with van der Waals surface area (Å²) in [5.74, 6) is -0.168. The number of aliphatic hydroxyl groups is 1. The molecule has 9 heteroatoms. The van der Waals surface area contributed by atoms with Crippen LogP contribution in [0, 0.1) is 0 Å². The van der Waals surface area contributed by atoms with Gasteiger partial charge in [-0.2, -0.15) is 0 Å². The van der Waals surface area contributed by atoms with Crippen LogP contribution in [0.25, 0.3) is 0 Å². The first kappa shape index (κ1) is 55.0. The Balaban J connectivity index is 3.99. The second-order valence-electron chi connectivity index (χ2n) is 17.5. The van der Waals surface area contributed by atoms with Crippen LogP contribution >= 0.6 is 7.82 Å². The van der Waals surface area contributed by atoms with Gasteiger partial charge in [-0.3, -0.25) is 9.36 Å². The maximum atomic E-state index is 12.8. The SMILES string of the molecule is CCCCCCC/C=C\C/C=C\CCCCCCCCCCCCCCCCCC(=O)NC(COP(=O)([O-])OCC[N+](C)(C)C)C(O)CCCCCCCCC. The molecule has 0 aliphatic rings. The van der Waals surface area contributed by atoms with E-state index in [1.807, 2.05) is 21.1 Å². The zero-order valence-electron chi connectivity index (χ0n) is 37.6. The molecule has 0 saturated heterocycles. The molecule has 3 atom stereocenters. The molecule has 0 aromatic heterocycles. The number of hydrogen-bond acceptors (Lipinski definition) is 6. The van der Waals surface area contributed by atoms with E-state index in [1.54, 1.807) is 0 Å². The van der Waals surface area contributed by atoms with Gasteiger partial charge < -0.3 is 28.8 Å². The number of quaternary nitrogens is 1. The summed E-state index contributed by atoms with van der Waals surface area (Å²) >= 11 is 0. The Labute approximate surface area is 347 Å². The zero-order chi connectivity index (χ0) is 41.4. The van der Waals surface area contributed by atoms with Crippen molar-refractivity contribution in [1.29, 1.82) is 0 Å². The second-order valence-corrected chi connectivity index (χ2v) is 18.9. The first-order valence-corrected chi connectivity index (χ1v) is 25.1. The largest absolute Gasteiger partial charge is 0.756 e. The van der Waals surface area contributed by atoms with Gasteiger partial charge in [-0.15, -0.1) is 0 Å². The molecule has 3 unspecified atom stereocenters. The van der Waals surface area contributed by atoms with Gasteiger partial charge in [0.1, 0.15) is 13.2 Å². The van der Waals surface area contributed by atoms with Crippen molar-refractivity contribution in [3.05, 3.63) is 24.3 Å². The number of hydrogen-bond donors (Lipinski definition) is 2. The van der Waals surface area contributed by atoms with E-state index in [4.69, 9.17) is 9.05 Å². The number of carbonyl (C=O) groups is 1. The molecule has 0 aliphatic heterocycles. The minimum atomic E-state index is -4.55. The van der Waals surface area contributed by atoms with Crippen molar-refractivity contribution in [3.8, 4) is 0 Å². The zero-order valence-corrected chi connectivity index (χ0v) is 38.5. The smallest absolute Gasteiger partial charge is 0.268 e. The molecular formula is C47H93N2O6P. The molecule has 0 heterocycles. The van der Waals surface area contributed by atoms with Crippen molar-refractivity contribution in [3.63, 3.8) is 0 Å². The van der Waals surface area contributed by atoms with E-state index in [-0.39, 0.29) is 19.1 Å². The number of likely N-dealkylation sites (N-methyl/N-ethyl adjacent to an activating group) is 1. The van der Waals surface area contributed by atoms with Crippen LogP contribution in [-0.4, -0.2) is 68.5 Å². The van der Waals surface area contributed by atoms with Crippen LogP contribution in [0.15, 0.2) is 24.3 Å². The van der Waals surface area contributed by atoms with Gasteiger partial charge in [0.2, 0.25) is 5.91 Å². The third-order valence-electron chi connectivity index (χ3n) is 10.7. The topological polar surface area (TPSA) is 108 Å². The van der Waals surface area contributed by atoms with E-state index in [9.17, 15) is 19.4 Å². The van der Waals surface area contributed by atoms with Crippen molar-refractivity contribution in [2.75, 3.05) is 40.9 Å². The van der Waals surface area contributed by atoms with Gasteiger partial charge in [0, 0.05) is 6.42 Å². The highest BCUT2D eigenvalue weighted by atomic mass is 31.2. The van der Waals surface area contributed by atoms with E-state index in [0.717, 1.165) is 44.9 Å². The molecule has 0 rings (SSSR count). The van der Waals surface area contributed by atoms with Crippen LogP contribution in [-0.2, 0) is 18.4 Å². The maximum absolute atomic E-state index is 12.8. The lowest BCUT2D eigenvalue weighted by molar-refractivity contribution is -0.870. The van der Waals surface area contributed by atoms with Crippen LogP contribution < -0.4 is 10.2 Å². The molecule has 1 amide bonds. The van der Waals surface area contributed by atoms with Gasteiger partial charge in [-0.25, -0.2) is 0 Å². The van der Waals surface area contributed by atoms with Crippen LogP contribution in [0.1, 0.15) is 219 Å². The van der Waals surface area contributed by atoms with Crippen LogP contribution in [0.2, 0.25) is 0 Å².